The lowest BCUT2D eigenvalue weighted by atomic mass is 9.82. The normalized spacial score (nSPS) is 20.3. The maximum atomic E-state index is 13.6. The fourth-order valence-corrected chi connectivity index (χ4v) is 6.80. The van der Waals surface area contributed by atoms with Gasteiger partial charge in [-0.2, -0.15) is 0 Å². The van der Waals surface area contributed by atoms with Gasteiger partial charge < -0.3 is 15.1 Å². The summed E-state index contributed by atoms with van der Waals surface area (Å²) in [5, 5.41) is 4.56. The number of nitrogens with one attached hydrogen (secondary N) is 2. The summed E-state index contributed by atoms with van der Waals surface area (Å²) < 4.78 is 0. The summed E-state index contributed by atoms with van der Waals surface area (Å²) in [5.74, 6) is 1.96. The molecule has 0 spiro atoms. The van der Waals surface area contributed by atoms with Crippen LogP contribution in [0.15, 0.2) is 54.6 Å². The van der Waals surface area contributed by atoms with Gasteiger partial charge >= 0.3 is 0 Å². The molecule has 5 heteroatoms. The monoisotopic (exact) mass is 513 g/mol. The van der Waals surface area contributed by atoms with E-state index in [2.05, 4.69) is 63.7 Å². The van der Waals surface area contributed by atoms with Gasteiger partial charge in [-0.3, -0.25) is 9.69 Å². The molecule has 202 valence electrons. The molecule has 3 aromatic rings. The Morgan fingerprint density at radius 2 is 1.66 bits per heavy atom. The first-order valence-corrected chi connectivity index (χ1v) is 14.8. The minimum atomic E-state index is -0.0607. The molecule has 2 fully saturated rings. The highest BCUT2D eigenvalue weighted by Crippen LogP contribution is 2.37. The molecule has 1 aliphatic heterocycles. The van der Waals surface area contributed by atoms with Crippen molar-refractivity contribution >= 4 is 22.6 Å². The number of hydrogen-bond donors (Lipinski definition) is 2. The summed E-state index contributed by atoms with van der Waals surface area (Å²) in [4.78, 5) is 31.1. The number of carbonyl (C=O) groups excluding carboxylic acids is 2. The number of nitrogens with zero attached hydrogens (tertiary/aromatic N) is 1. The van der Waals surface area contributed by atoms with Crippen LogP contribution in [0.2, 0.25) is 0 Å². The van der Waals surface area contributed by atoms with Crippen LogP contribution >= 0.6 is 0 Å². The molecule has 3 atom stereocenters. The highest BCUT2D eigenvalue weighted by Gasteiger charge is 2.39. The van der Waals surface area contributed by atoms with Crippen LogP contribution < -0.4 is 5.32 Å². The maximum Gasteiger partial charge on any atom is 0.237 e. The first kappa shape index (κ1) is 26.7. The number of rotatable bonds is 12. The average molecular weight is 514 g/mol. The van der Waals surface area contributed by atoms with Crippen LogP contribution in [0.5, 0.6) is 0 Å². The summed E-state index contributed by atoms with van der Waals surface area (Å²) in [7, 11) is 0. The van der Waals surface area contributed by atoms with Crippen molar-refractivity contribution < 1.29 is 9.59 Å². The SMILES string of the molecule is CC(=O)CCCCC[C@@H](C(=O)NCCc1c(-c2ccccc2)[nH]c2ccccc12)N1CC2CCCCC2C1. The number of carbonyl (C=O) groups is 2. The Hall–Kier alpha value is -2.92. The predicted molar refractivity (Wildman–Crippen MR) is 155 cm³/mol. The number of amides is 1. The van der Waals surface area contributed by atoms with E-state index in [0.717, 1.165) is 68.2 Å². The number of aromatic amines is 1. The van der Waals surface area contributed by atoms with Gasteiger partial charge in [-0.05, 0) is 68.1 Å². The molecule has 38 heavy (non-hydrogen) atoms. The average Bonchev–Trinajstić information content (AvgIpc) is 3.52. The second-order valence-corrected chi connectivity index (χ2v) is 11.5. The Bertz CT molecular complexity index is 1200. The van der Waals surface area contributed by atoms with Crippen molar-refractivity contribution in [1.82, 2.24) is 15.2 Å². The molecule has 0 bridgehead atoms. The zero-order valence-corrected chi connectivity index (χ0v) is 22.9. The second kappa shape index (κ2) is 12.8. The first-order chi connectivity index (χ1) is 18.6. The van der Waals surface area contributed by atoms with Crippen LogP contribution in [0.3, 0.4) is 0 Å². The molecule has 2 unspecified atom stereocenters. The topological polar surface area (TPSA) is 65.2 Å². The Kier molecular flexibility index (Phi) is 8.95. The number of unbranched alkanes of at least 4 members (excludes halogenated alkanes) is 2. The Morgan fingerprint density at radius 3 is 2.39 bits per heavy atom. The Morgan fingerprint density at radius 1 is 0.947 bits per heavy atom. The number of likely N-dealkylation sites (tertiary alicyclic amines) is 1. The van der Waals surface area contributed by atoms with E-state index < -0.39 is 0 Å². The van der Waals surface area contributed by atoms with Gasteiger partial charge in [0, 0.05) is 42.7 Å². The number of Topliss-reactive ketones (excluding diaryl/α,β-unsaturated/α-hetero) is 1. The number of ketones is 1. The van der Waals surface area contributed by atoms with Gasteiger partial charge in [0.1, 0.15) is 5.78 Å². The third-order valence-corrected chi connectivity index (χ3v) is 8.80. The van der Waals surface area contributed by atoms with Crippen LogP contribution in [-0.4, -0.2) is 47.3 Å². The molecule has 1 saturated heterocycles. The summed E-state index contributed by atoms with van der Waals surface area (Å²) in [5.41, 5.74) is 4.72. The van der Waals surface area contributed by atoms with Gasteiger partial charge in [-0.25, -0.2) is 0 Å². The molecule has 2 N–H and O–H groups in total. The summed E-state index contributed by atoms with van der Waals surface area (Å²) in [6.45, 7) is 4.43. The Labute approximate surface area is 227 Å². The molecule has 1 saturated carbocycles. The number of para-hydroxylation sites is 1. The van der Waals surface area contributed by atoms with Crippen molar-refractivity contribution in [3.05, 3.63) is 60.2 Å². The minimum Gasteiger partial charge on any atom is -0.354 e. The lowest BCUT2D eigenvalue weighted by Crippen LogP contribution is -2.46. The molecule has 1 aliphatic carbocycles. The lowest BCUT2D eigenvalue weighted by molar-refractivity contribution is -0.126. The molecule has 5 nitrogen and oxygen atoms in total. The van der Waals surface area contributed by atoms with E-state index in [-0.39, 0.29) is 17.7 Å². The third-order valence-electron chi connectivity index (χ3n) is 8.80. The smallest absolute Gasteiger partial charge is 0.237 e. The van der Waals surface area contributed by atoms with Crippen LogP contribution in [0.4, 0.5) is 0 Å². The van der Waals surface area contributed by atoms with Crippen molar-refractivity contribution in [3.8, 4) is 11.3 Å². The van der Waals surface area contributed by atoms with E-state index in [1.807, 2.05) is 6.07 Å². The molecular weight excluding hydrogens is 470 g/mol. The van der Waals surface area contributed by atoms with Crippen LogP contribution in [0, 0.1) is 11.8 Å². The fraction of sp³-hybridized carbons (Fsp3) is 0.515. The number of aromatic nitrogens is 1. The van der Waals surface area contributed by atoms with E-state index in [1.54, 1.807) is 6.92 Å². The number of benzene rings is 2. The second-order valence-electron chi connectivity index (χ2n) is 11.5. The quantitative estimate of drug-likeness (QED) is 0.271. The molecule has 1 amide bonds. The van der Waals surface area contributed by atoms with Gasteiger partial charge in [0.05, 0.1) is 6.04 Å². The number of hydrogen-bond acceptors (Lipinski definition) is 3. The molecule has 0 radical (unpaired) electrons. The van der Waals surface area contributed by atoms with Gasteiger partial charge in [0.25, 0.3) is 0 Å². The molecular formula is C33H43N3O2. The number of fused-ring (bicyclic) bond motifs is 2. The molecule has 5 rings (SSSR count). The summed E-state index contributed by atoms with van der Waals surface area (Å²) >= 11 is 0. The van der Waals surface area contributed by atoms with Crippen LogP contribution in [0.1, 0.15) is 70.3 Å². The first-order valence-electron chi connectivity index (χ1n) is 14.8. The zero-order chi connectivity index (χ0) is 26.3. The van der Waals surface area contributed by atoms with E-state index in [0.29, 0.717) is 13.0 Å². The zero-order valence-electron chi connectivity index (χ0n) is 22.9. The van der Waals surface area contributed by atoms with Crippen molar-refractivity contribution in [2.45, 2.75) is 77.2 Å². The van der Waals surface area contributed by atoms with Gasteiger partial charge in [-0.1, -0.05) is 74.2 Å². The van der Waals surface area contributed by atoms with Crippen molar-refractivity contribution in [1.29, 1.82) is 0 Å². The Balaban J connectivity index is 1.25. The van der Waals surface area contributed by atoms with E-state index >= 15 is 0 Å². The highest BCUT2D eigenvalue weighted by molar-refractivity contribution is 5.91. The molecule has 2 aromatic carbocycles. The van der Waals surface area contributed by atoms with Crippen LogP contribution in [-0.2, 0) is 16.0 Å². The van der Waals surface area contributed by atoms with Gasteiger partial charge in [0.15, 0.2) is 0 Å². The molecule has 2 heterocycles. The lowest BCUT2D eigenvalue weighted by Gasteiger charge is -2.27. The summed E-state index contributed by atoms with van der Waals surface area (Å²) in [6, 6.07) is 18.8. The summed E-state index contributed by atoms with van der Waals surface area (Å²) in [6.07, 6.45) is 10.6. The van der Waals surface area contributed by atoms with Crippen molar-refractivity contribution in [3.63, 3.8) is 0 Å². The fourth-order valence-electron chi connectivity index (χ4n) is 6.80. The maximum absolute atomic E-state index is 13.6. The van der Waals surface area contributed by atoms with E-state index in [9.17, 15) is 9.59 Å². The van der Waals surface area contributed by atoms with Crippen LogP contribution in [0.25, 0.3) is 22.2 Å². The van der Waals surface area contributed by atoms with Crippen molar-refractivity contribution in [2.24, 2.45) is 11.8 Å². The third kappa shape index (κ3) is 6.37. The number of H-pyrrole nitrogens is 1. The highest BCUT2D eigenvalue weighted by atomic mass is 16.2. The molecule has 1 aromatic heterocycles. The van der Waals surface area contributed by atoms with E-state index in [1.165, 1.54) is 42.2 Å². The van der Waals surface area contributed by atoms with Gasteiger partial charge in [-0.15, -0.1) is 0 Å². The van der Waals surface area contributed by atoms with Crippen molar-refractivity contribution in [2.75, 3.05) is 19.6 Å². The minimum absolute atomic E-state index is 0.0607. The predicted octanol–water partition coefficient (Wildman–Crippen LogP) is 6.52. The molecule has 2 aliphatic rings. The largest absolute Gasteiger partial charge is 0.354 e. The standard InChI is InChI=1S/C33H43N3O2/c1-24(37)12-4-2-7-19-31(36-22-26-15-8-9-16-27(26)23-36)33(38)34-21-20-29-28-17-10-11-18-30(28)35-32(29)25-13-5-3-6-14-25/h3,5-6,10-11,13-14,17-18,26-27,31,35H,2,4,7-9,12,15-16,19-23H2,1H3,(H,34,38)/t26?,27?,31-/m0/s1. The van der Waals surface area contributed by atoms with Gasteiger partial charge in [0.2, 0.25) is 5.91 Å². The van der Waals surface area contributed by atoms with E-state index in [4.69, 9.17) is 0 Å².